The summed E-state index contributed by atoms with van der Waals surface area (Å²) >= 11 is 0. The van der Waals surface area contributed by atoms with E-state index in [4.69, 9.17) is 4.74 Å². The highest BCUT2D eigenvalue weighted by Gasteiger charge is 2.42. The van der Waals surface area contributed by atoms with Gasteiger partial charge in [0.2, 0.25) is 10.0 Å². The molecule has 104 valence electrons. The molecule has 5 nitrogen and oxygen atoms in total. The van der Waals surface area contributed by atoms with Crippen LogP contribution in [0.4, 0.5) is 0 Å². The molecule has 2 heterocycles. The van der Waals surface area contributed by atoms with E-state index in [9.17, 15) is 8.42 Å². The van der Waals surface area contributed by atoms with Crippen LogP contribution in [-0.2, 0) is 14.8 Å². The summed E-state index contributed by atoms with van der Waals surface area (Å²) in [6.07, 6.45) is 6.53. The summed E-state index contributed by atoms with van der Waals surface area (Å²) in [5.41, 5.74) is 0. The minimum Gasteiger partial charge on any atom is -0.373 e. The molecule has 0 aromatic heterocycles. The van der Waals surface area contributed by atoms with Crippen LogP contribution in [0.5, 0.6) is 0 Å². The Morgan fingerprint density at radius 2 is 2.00 bits per heavy atom. The van der Waals surface area contributed by atoms with Gasteiger partial charge in [0.05, 0.1) is 24.0 Å². The number of fused-ring (bicyclic) bond motifs is 2. The second kappa shape index (κ2) is 5.07. The zero-order chi connectivity index (χ0) is 12.6. The van der Waals surface area contributed by atoms with Crippen molar-refractivity contribution in [2.45, 2.75) is 62.8 Å². The zero-order valence-electron chi connectivity index (χ0n) is 10.6. The molecule has 3 atom stereocenters. The molecule has 2 aliphatic heterocycles. The summed E-state index contributed by atoms with van der Waals surface area (Å²) < 4.78 is 32.3. The SMILES string of the molecule is O=S(=O)(CCCNC1CC1)NC1CC2CCC1O2. The van der Waals surface area contributed by atoms with Gasteiger partial charge < -0.3 is 10.1 Å². The lowest BCUT2D eigenvalue weighted by Gasteiger charge is -2.19. The Balaban J connectivity index is 1.39. The van der Waals surface area contributed by atoms with Crippen LogP contribution in [0.15, 0.2) is 0 Å². The Morgan fingerprint density at radius 3 is 2.61 bits per heavy atom. The Labute approximate surface area is 109 Å². The summed E-state index contributed by atoms with van der Waals surface area (Å²) in [4.78, 5) is 0. The lowest BCUT2D eigenvalue weighted by molar-refractivity contribution is 0.0996. The number of sulfonamides is 1. The fraction of sp³-hybridized carbons (Fsp3) is 1.00. The molecule has 0 spiro atoms. The van der Waals surface area contributed by atoms with Crippen molar-refractivity contribution in [2.24, 2.45) is 0 Å². The smallest absolute Gasteiger partial charge is 0.211 e. The minimum absolute atomic E-state index is 0.0186. The fourth-order valence-electron chi connectivity index (χ4n) is 2.91. The van der Waals surface area contributed by atoms with Crippen LogP contribution in [0.25, 0.3) is 0 Å². The molecule has 0 aromatic rings. The van der Waals surface area contributed by atoms with Crippen LogP contribution >= 0.6 is 0 Å². The van der Waals surface area contributed by atoms with Crippen molar-refractivity contribution in [3.63, 3.8) is 0 Å². The van der Waals surface area contributed by atoms with E-state index in [2.05, 4.69) is 10.0 Å². The Hall–Kier alpha value is -0.170. The van der Waals surface area contributed by atoms with Crippen molar-refractivity contribution in [3.8, 4) is 0 Å². The predicted molar refractivity (Wildman–Crippen MR) is 68.9 cm³/mol. The van der Waals surface area contributed by atoms with Crippen molar-refractivity contribution in [3.05, 3.63) is 0 Å². The lowest BCUT2D eigenvalue weighted by atomic mass is 9.96. The number of hydrogen-bond acceptors (Lipinski definition) is 4. The van der Waals surface area contributed by atoms with Gasteiger partial charge in [0.1, 0.15) is 0 Å². The minimum atomic E-state index is -3.13. The third-order valence-electron chi connectivity index (χ3n) is 4.04. The summed E-state index contributed by atoms with van der Waals surface area (Å²) in [5, 5.41) is 3.33. The zero-order valence-corrected chi connectivity index (χ0v) is 11.4. The van der Waals surface area contributed by atoms with Crippen LogP contribution < -0.4 is 10.0 Å². The van der Waals surface area contributed by atoms with Gasteiger partial charge in [-0.15, -0.1) is 0 Å². The van der Waals surface area contributed by atoms with Crippen LogP contribution in [0.1, 0.15) is 38.5 Å². The molecule has 18 heavy (non-hydrogen) atoms. The van der Waals surface area contributed by atoms with E-state index < -0.39 is 10.0 Å². The van der Waals surface area contributed by atoms with Gasteiger partial charge in [-0.25, -0.2) is 13.1 Å². The van der Waals surface area contributed by atoms with Crippen LogP contribution in [0.2, 0.25) is 0 Å². The molecule has 3 unspecified atom stereocenters. The Bertz CT molecular complexity index is 394. The molecule has 6 heteroatoms. The van der Waals surface area contributed by atoms with Crippen LogP contribution in [0, 0.1) is 0 Å². The standard InChI is InChI=1S/C12H22N2O3S/c15-18(16,7-1-6-13-9-2-3-9)14-11-8-10-4-5-12(11)17-10/h9-14H,1-8H2. The fourth-order valence-corrected chi connectivity index (χ4v) is 4.26. The summed E-state index contributed by atoms with van der Waals surface area (Å²) in [7, 11) is -3.13. The average Bonchev–Trinajstić information content (AvgIpc) is 2.91. The first kappa shape index (κ1) is 12.8. The first-order valence-electron chi connectivity index (χ1n) is 7.01. The van der Waals surface area contributed by atoms with Gasteiger partial charge in [-0.05, 0) is 45.1 Å². The van der Waals surface area contributed by atoms with Gasteiger partial charge in [-0.3, -0.25) is 0 Å². The second-order valence-electron chi connectivity index (χ2n) is 5.73. The Morgan fingerprint density at radius 1 is 1.17 bits per heavy atom. The molecule has 3 aliphatic rings. The van der Waals surface area contributed by atoms with Gasteiger partial charge in [0, 0.05) is 6.04 Å². The van der Waals surface area contributed by atoms with Crippen LogP contribution in [0.3, 0.4) is 0 Å². The van der Waals surface area contributed by atoms with E-state index in [-0.39, 0.29) is 17.9 Å². The maximum atomic E-state index is 11.9. The van der Waals surface area contributed by atoms with Crippen molar-refractivity contribution < 1.29 is 13.2 Å². The molecule has 0 amide bonds. The highest BCUT2D eigenvalue weighted by molar-refractivity contribution is 7.89. The van der Waals surface area contributed by atoms with Gasteiger partial charge in [0.15, 0.2) is 0 Å². The van der Waals surface area contributed by atoms with E-state index >= 15 is 0 Å². The molecule has 2 bridgehead atoms. The number of hydrogen-bond donors (Lipinski definition) is 2. The maximum Gasteiger partial charge on any atom is 0.211 e. The first-order chi connectivity index (χ1) is 8.62. The molecule has 3 fully saturated rings. The third-order valence-corrected chi connectivity index (χ3v) is 5.53. The third kappa shape index (κ3) is 3.23. The topological polar surface area (TPSA) is 67.4 Å². The monoisotopic (exact) mass is 274 g/mol. The molecule has 1 saturated carbocycles. The highest BCUT2D eigenvalue weighted by atomic mass is 32.2. The molecule has 1 aliphatic carbocycles. The first-order valence-corrected chi connectivity index (χ1v) is 8.66. The normalized spacial score (nSPS) is 35.2. The number of nitrogens with one attached hydrogen (secondary N) is 2. The molecular weight excluding hydrogens is 252 g/mol. The Kier molecular flexibility index (Phi) is 3.62. The van der Waals surface area contributed by atoms with E-state index in [0.717, 1.165) is 25.8 Å². The van der Waals surface area contributed by atoms with Gasteiger partial charge in [-0.1, -0.05) is 0 Å². The van der Waals surface area contributed by atoms with Crippen molar-refractivity contribution in [1.82, 2.24) is 10.0 Å². The molecular formula is C12H22N2O3S. The summed E-state index contributed by atoms with van der Waals surface area (Å²) in [5.74, 6) is 0.223. The molecule has 3 rings (SSSR count). The van der Waals surface area contributed by atoms with Crippen LogP contribution in [-0.4, -0.2) is 45.0 Å². The van der Waals surface area contributed by atoms with Crippen molar-refractivity contribution >= 4 is 10.0 Å². The number of rotatable bonds is 7. The maximum absolute atomic E-state index is 11.9. The van der Waals surface area contributed by atoms with Gasteiger partial charge in [0.25, 0.3) is 0 Å². The van der Waals surface area contributed by atoms with E-state index in [1.807, 2.05) is 0 Å². The largest absolute Gasteiger partial charge is 0.373 e. The highest BCUT2D eigenvalue weighted by Crippen LogP contribution is 2.34. The van der Waals surface area contributed by atoms with Crippen molar-refractivity contribution in [1.29, 1.82) is 0 Å². The van der Waals surface area contributed by atoms with E-state index in [1.54, 1.807) is 0 Å². The quantitative estimate of drug-likeness (QED) is 0.658. The second-order valence-corrected chi connectivity index (χ2v) is 7.61. The number of ether oxygens (including phenoxy) is 1. The van der Waals surface area contributed by atoms with Gasteiger partial charge >= 0.3 is 0 Å². The molecule has 0 aromatic carbocycles. The molecule has 0 radical (unpaired) electrons. The predicted octanol–water partition coefficient (Wildman–Crippen LogP) is 0.368. The summed E-state index contributed by atoms with van der Waals surface area (Å²) in [6, 6.07) is 0.671. The van der Waals surface area contributed by atoms with E-state index in [0.29, 0.717) is 18.6 Å². The summed E-state index contributed by atoms with van der Waals surface area (Å²) in [6.45, 7) is 0.804. The lowest BCUT2D eigenvalue weighted by Crippen LogP contribution is -2.42. The van der Waals surface area contributed by atoms with E-state index in [1.165, 1.54) is 12.8 Å². The average molecular weight is 274 g/mol. The van der Waals surface area contributed by atoms with Crippen molar-refractivity contribution in [2.75, 3.05) is 12.3 Å². The van der Waals surface area contributed by atoms with Gasteiger partial charge in [-0.2, -0.15) is 0 Å². The molecule has 2 N–H and O–H groups in total. The molecule has 2 saturated heterocycles.